The zero-order valence-corrected chi connectivity index (χ0v) is 22.2. The predicted molar refractivity (Wildman–Crippen MR) is 149 cm³/mol. The van der Waals surface area contributed by atoms with E-state index >= 15 is 0 Å². The van der Waals surface area contributed by atoms with Crippen LogP contribution in [0.4, 0.5) is 5.95 Å². The van der Waals surface area contributed by atoms with E-state index in [4.69, 9.17) is 15.5 Å². The molecule has 198 valence electrons. The second-order valence-corrected chi connectivity index (χ2v) is 9.05. The number of para-hydroxylation sites is 1. The molecule has 0 fully saturated rings. The monoisotopic (exact) mass is 522 g/mol. The van der Waals surface area contributed by atoms with Gasteiger partial charge in [0.2, 0.25) is 5.95 Å². The standard InChI is InChI=1S/C30H30N6O3/c1-4-24(31)36(35(5-2)6-3)29-32-28(33-30(34-29)39-19-13-8-7-9-14-19)23-18-12-17-22-25(23)27(38)21-16-11-10-15-20(21)26(22)37/h7-18,24H,4-6,31H2,1-3H3. The van der Waals surface area contributed by atoms with Gasteiger partial charge in [-0.25, -0.2) is 5.01 Å². The Morgan fingerprint density at radius 1 is 0.744 bits per heavy atom. The summed E-state index contributed by atoms with van der Waals surface area (Å²) in [5, 5.41) is 3.87. The highest BCUT2D eigenvalue weighted by molar-refractivity contribution is 6.30. The first-order chi connectivity index (χ1) is 19.0. The van der Waals surface area contributed by atoms with Crippen LogP contribution in [0.15, 0.2) is 72.8 Å². The summed E-state index contributed by atoms with van der Waals surface area (Å²) in [7, 11) is 0. The van der Waals surface area contributed by atoms with Gasteiger partial charge in [0, 0.05) is 40.9 Å². The number of hydrogen-bond acceptors (Lipinski definition) is 9. The first-order valence-electron chi connectivity index (χ1n) is 13.1. The van der Waals surface area contributed by atoms with Crippen molar-refractivity contribution in [2.45, 2.75) is 33.4 Å². The highest BCUT2D eigenvalue weighted by Crippen LogP contribution is 2.34. The van der Waals surface area contributed by atoms with Gasteiger partial charge in [-0.2, -0.15) is 15.0 Å². The number of hydrazine groups is 1. The van der Waals surface area contributed by atoms with E-state index in [1.165, 1.54) is 0 Å². The number of rotatable bonds is 9. The topological polar surface area (TPSA) is 115 Å². The molecule has 0 spiro atoms. The minimum atomic E-state index is -0.412. The number of carbonyl (C=O) groups excluding carboxylic acids is 2. The predicted octanol–water partition coefficient (Wildman–Crippen LogP) is 4.86. The van der Waals surface area contributed by atoms with Crippen LogP contribution in [0.3, 0.4) is 0 Å². The Bertz CT molecular complexity index is 1520. The zero-order valence-electron chi connectivity index (χ0n) is 22.2. The lowest BCUT2D eigenvalue weighted by molar-refractivity contribution is 0.0979. The van der Waals surface area contributed by atoms with Gasteiger partial charge in [0.15, 0.2) is 17.4 Å². The van der Waals surface area contributed by atoms with Gasteiger partial charge in [-0.05, 0) is 18.6 Å². The molecule has 4 aromatic rings. The fourth-order valence-corrected chi connectivity index (χ4v) is 4.73. The van der Waals surface area contributed by atoms with Gasteiger partial charge in [0.05, 0.1) is 6.17 Å². The lowest BCUT2D eigenvalue weighted by Gasteiger charge is -2.37. The molecule has 1 aliphatic rings. The van der Waals surface area contributed by atoms with Crippen LogP contribution in [-0.4, -0.2) is 50.8 Å². The number of fused-ring (bicyclic) bond motifs is 2. The van der Waals surface area contributed by atoms with Crippen molar-refractivity contribution in [3.05, 3.63) is 95.1 Å². The lowest BCUT2D eigenvalue weighted by atomic mass is 9.82. The Morgan fingerprint density at radius 3 is 2.03 bits per heavy atom. The minimum Gasteiger partial charge on any atom is -0.424 e. The van der Waals surface area contributed by atoms with Crippen LogP contribution in [0.25, 0.3) is 11.4 Å². The van der Waals surface area contributed by atoms with Gasteiger partial charge in [-0.15, -0.1) is 0 Å². The lowest BCUT2D eigenvalue weighted by Crippen LogP contribution is -2.53. The number of anilines is 1. The van der Waals surface area contributed by atoms with Crippen molar-refractivity contribution in [2.75, 3.05) is 18.1 Å². The van der Waals surface area contributed by atoms with E-state index in [0.29, 0.717) is 47.5 Å². The van der Waals surface area contributed by atoms with Gasteiger partial charge in [0.1, 0.15) is 5.75 Å². The summed E-state index contributed by atoms with van der Waals surface area (Å²) in [6, 6.07) is 21.2. The molecule has 1 heterocycles. The molecule has 0 bridgehead atoms. The van der Waals surface area contributed by atoms with Crippen LogP contribution in [0, 0.1) is 0 Å². The zero-order chi connectivity index (χ0) is 27.5. The maximum atomic E-state index is 13.7. The molecule has 0 radical (unpaired) electrons. The molecule has 1 unspecified atom stereocenters. The van der Waals surface area contributed by atoms with E-state index in [2.05, 4.69) is 9.97 Å². The van der Waals surface area contributed by atoms with Crippen molar-refractivity contribution >= 4 is 17.5 Å². The maximum absolute atomic E-state index is 13.7. The van der Waals surface area contributed by atoms with Crippen LogP contribution in [-0.2, 0) is 0 Å². The van der Waals surface area contributed by atoms with Gasteiger partial charge in [-0.3, -0.25) is 14.6 Å². The number of aromatic nitrogens is 3. The molecule has 9 nitrogen and oxygen atoms in total. The molecule has 2 N–H and O–H groups in total. The molecule has 1 atom stereocenters. The summed E-state index contributed by atoms with van der Waals surface area (Å²) in [6.45, 7) is 7.38. The van der Waals surface area contributed by atoms with E-state index in [9.17, 15) is 9.59 Å². The fraction of sp³-hybridized carbons (Fsp3) is 0.233. The number of ketones is 2. The molecule has 5 rings (SSSR count). The summed E-state index contributed by atoms with van der Waals surface area (Å²) in [5.41, 5.74) is 8.28. The third kappa shape index (κ3) is 4.89. The normalized spacial score (nSPS) is 13.2. The number of nitrogens with two attached hydrogens (primary N) is 1. The third-order valence-electron chi connectivity index (χ3n) is 6.72. The molecular formula is C30H30N6O3. The van der Waals surface area contributed by atoms with Gasteiger partial charge in [0.25, 0.3) is 0 Å². The number of benzene rings is 3. The largest absolute Gasteiger partial charge is 0.424 e. The SMILES string of the molecule is CCC(N)N(c1nc(Oc2ccccc2)nc(-c2cccc3c2C(=O)c2ccccc2C3=O)n1)N(CC)CC. The second kappa shape index (κ2) is 11.1. The molecule has 3 aromatic carbocycles. The Balaban J connectivity index is 1.71. The van der Waals surface area contributed by atoms with Crippen molar-refractivity contribution < 1.29 is 14.3 Å². The van der Waals surface area contributed by atoms with Crippen molar-refractivity contribution in [2.24, 2.45) is 5.73 Å². The van der Waals surface area contributed by atoms with Crippen LogP contribution in [0.5, 0.6) is 11.8 Å². The molecule has 0 aliphatic heterocycles. The van der Waals surface area contributed by atoms with Crippen LogP contribution < -0.4 is 15.5 Å². The summed E-state index contributed by atoms with van der Waals surface area (Å²) in [4.78, 5) is 41.1. The average molecular weight is 523 g/mol. The molecule has 0 amide bonds. The number of carbonyl (C=O) groups is 2. The van der Waals surface area contributed by atoms with Gasteiger partial charge >= 0.3 is 6.01 Å². The van der Waals surface area contributed by atoms with E-state index in [0.717, 1.165) is 0 Å². The van der Waals surface area contributed by atoms with E-state index in [-0.39, 0.29) is 34.9 Å². The summed E-state index contributed by atoms with van der Waals surface area (Å²) < 4.78 is 6.04. The number of nitrogens with zero attached hydrogens (tertiary/aromatic N) is 5. The molecule has 0 saturated heterocycles. The van der Waals surface area contributed by atoms with Gasteiger partial charge in [-0.1, -0.05) is 81.4 Å². The summed E-state index contributed by atoms with van der Waals surface area (Å²) >= 11 is 0. The Kier molecular flexibility index (Phi) is 7.44. The third-order valence-corrected chi connectivity index (χ3v) is 6.72. The Labute approximate surface area is 227 Å². The average Bonchev–Trinajstić information content (AvgIpc) is 2.98. The quantitative estimate of drug-likeness (QED) is 0.214. The number of hydrogen-bond donors (Lipinski definition) is 1. The highest BCUT2D eigenvalue weighted by Gasteiger charge is 2.33. The highest BCUT2D eigenvalue weighted by atomic mass is 16.5. The van der Waals surface area contributed by atoms with Crippen molar-refractivity contribution in [3.63, 3.8) is 0 Å². The Hall–Kier alpha value is -4.47. The number of ether oxygens (including phenoxy) is 1. The summed E-state index contributed by atoms with van der Waals surface area (Å²) in [6.07, 6.45) is 0.223. The van der Waals surface area contributed by atoms with Crippen molar-refractivity contribution in [1.29, 1.82) is 0 Å². The van der Waals surface area contributed by atoms with Crippen molar-refractivity contribution in [3.8, 4) is 23.1 Å². The second-order valence-electron chi connectivity index (χ2n) is 9.05. The smallest absolute Gasteiger partial charge is 0.327 e. The molecule has 1 aliphatic carbocycles. The molecule has 0 saturated carbocycles. The van der Waals surface area contributed by atoms with E-state index in [1.54, 1.807) is 54.6 Å². The fourth-order valence-electron chi connectivity index (χ4n) is 4.73. The van der Waals surface area contributed by atoms with E-state index < -0.39 is 6.17 Å². The maximum Gasteiger partial charge on any atom is 0.327 e. The molecule has 1 aromatic heterocycles. The molecular weight excluding hydrogens is 492 g/mol. The molecule has 39 heavy (non-hydrogen) atoms. The van der Waals surface area contributed by atoms with E-state index in [1.807, 2.05) is 49.0 Å². The van der Waals surface area contributed by atoms with Crippen LogP contribution >= 0.6 is 0 Å². The first kappa shape index (κ1) is 26.1. The summed E-state index contributed by atoms with van der Waals surface area (Å²) in [5.74, 6) is 0.578. The van der Waals surface area contributed by atoms with Gasteiger partial charge < -0.3 is 10.5 Å². The van der Waals surface area contributed by atoms with Crippen LogP contribution in [0.1, 0.15) is 59.0 Å². The first-order valence-corrected chi connectivity index (χ1v) is 13.1. The molecule has 9 heteroatoms. The van der Waals surface area contributed by atoms with Crippen molar-refractivity contribution in [1.82, 2.24) is 20.0 Å². The van der Waals surface area contributed by atoms with Crippen LogP contribution in [0.2, 0.25) is 0 Å². The Morgan fingerprint density at radius 2 is 1.36 bits per heavy atom. The minimum absolute atomic E-state index is 0.0502.